The quantitative estimate of drug-likeness (QED) is 0.554. The first-order chi connectivity index (χ1) is 12.3. The van der Waals surface area contributed by atoms with Gasteiger partial charge in [0.1, 0.15) is 5.69 Å². The largest absolute Gasteiger partial charge is 0.511 e. The zero-order valence-corrected chi connectivity index (χ0v) is 14.0. The minimum atomic E-state index is -1.72. The van der Waals surface area contributed by atoms with Gasteiger partial charge in [0.25, 0.3) is 0 Å². The Labute approximate surface area is 146 Å². The number of aryl methyl sites for hydroxylation is 1. The number of anilines is 2. The second kappa shape index (κ2) is 6.45. The van der Waals surface area contributed by atoms with E-state index in [1.54, 1.807) is 6.92 Å². The number of nitrogen functional groups attached to an aromatic ring is 1. The summed E-state index contributed by atoms with van der Waals surface area (Å²) in [5.41, 5.74) is 9.52. The second-order valence-electron chi connectivity index (χ2n) is 6.09. The maximum Gasteiger partial charge on any atom is 0.511 e. The number of hydrogen-bond donors (Lipinski definition) is 3. The summed E-state index contributed by atoms with van der Waals surface area (Å²) in [7, 11) is 0. The lowest BCUT2D eigenvalue weighted by Gasteiger charge is -2.23. The first-order valence-corrected chi connectivity index (χ1v) is 8.01. The number of halogens is 2. The molecule has 2 aromatic rings. The smallest absolute Gasteiger partial charge is 0.449 e. The zero-order chi connectivity index (χ0) is 19.2. The molecule has 2 heterocycles. The zero-order valence-electron chi connectivity index (χ0n) is 14.0. The van der Waals surface area contributed by atoms with Gasteiger partial charge in [0, 0.05) is 25.7 Å². The van der Waals surface area contributed by atoms with Gasteiger partial charge < -0.3 is 30.8 Å². The van der Waals surface area contributed by atoms with Gasteiger partial charge in [0.15, 0.2) is 17.4 Å². The van der Waals surface area contributed by atoms with Gasteiger partial charge >= 0.3 is 6.16 Å². The second-order valence-corrected chi connectivity index (χ2v) is 6.09. The van der Waals surface area contributed by atoms with E-state index in [4.69, 9.17) is 16.6 Å². The number of pyridine rings is 1. The molecule has 1 fully saturated rings. The monoisotopic (exact) mass is 368 g/mol. The highest BCUT2D eigenvalue weighted by molar-refractivity contribution is 5.96. The maximum absolute atomic E-state index is 15.2. The molecule has 1 unspecified atom stereocenters. The fourth-order valence-corrected chi connectivity index (χ4v) is 3.25. The molecule has 0 bridgehead atoms. The first-order valence-electron chi connectivity index (χ1n) is 8.01. The van der Waals surface area contributed by atoms with Crippen molar-refractivity contribution in [3.8, 4) is 5.75 Å². The summed E-state index contributed by atoms with van der Waals surface area (Å²) in [6.45, 7) is 2.44. The Morgan fingerprint density at radius 1 is 1.42 bits per heavy atom. The van der Waals surface area contributed by atoms with Gasteiger partial charge in [-0.2, -0.15) is 0 Å². The van der Waals surface area contributed by atoms with E-state index in [-0.39, 0.29) is 30.3 Å². The topological polar surface area (TPSA) is 124 Å². The van der Waals surface area contributed by atoms with Crippen molar-refractivity contribution < 1.29 is 23.4 Å². The summed E-state index contributed by atoms with van der Waals surface area (Å²) < 4.78 is 35.7. The Kier molecular flexibility index (Phi) is 4.45. The van der Waals surface area contributed by atoms with E-state index in [1.807, 2.05) is 0 Å². The van der Waals surface area contributed by atoms with Crippen molar-refractivity contribution in [1.29, 1.82) is 0 Å². The van der Waals surface area contributed by atoms with Gasteiger partial charge in [-0.3, -0.25) is 4.79 Å². The molecule has 5 N–H and O–H groups in total. The molecule has 8 nitrogen and oxygen atoms in total. The Morgan fingerprint density at radius 3 is 2.65 bits per heavy atom. The van der Waals surface area contributed by atoms with E-state index in [2.05, 4.69) is 4.74 Å². The standard InChI is InChI=1S/C16H18F2N4O4/c1-2-21-6-8(26-16(24)25)15(23)9-12(20)10(17)14(11(18)13(9)21)22-4-3-7(19)5-22/h6-7H,2-5,19-20H2,1H3,(H,24,25). The van der Waals surface area contributed by atoms with Crippen LogP contribution in [-0.2, 0) is 6.54 Å². The molecular weight excluding hydrogens is 350 g/mol. The van der Waals surface area contributed by atoms with Gasteiger partial charge in [-0.05, 0) is 13.3 Å². The minimum absolute atomic E-state index is 0.174. The van der Waals surface area contributed by atoms with Crippen LogP contribution in [-0.4, -0.2) is 35.0 Å². The number of aromatic nitrogens is 1. The summed E-state index contributed by atoms with van der Waals surface area (Å²) in [6, 6.07) is -0.217. The third-order valence-corrected chi connectivity index (χ3v) is 4.46. The molecule has 1 atom stereocenters. The Bertz CT molecular complexity index is 960. The average molecular weight is 368 g/mol. The number of fused-ring (bicyclic) bond motifs is 1. The molecule has 0 saturated carbocycles. The van der Waals surface area contributed by atoms with Crippen LogP contribution < -0.4 is 26.5 Å². The van der Waals surface area contributed by atoms with E-state index < -0.39 is 40.0 Å². The summed E-state index contributed by atoms with van der Waals surface area (Å²) in [6.07, 6.45) is -0.0760. The lowest BCUT2D eigenvalue weighted by Crippen LogP contribution is -2.28. The molecular formula is C16H18F2N4O4. The lowest BCUT2D eigenvalue weighted by molar-refractivity contribution is 0.144. The molecule has 1 aliphatic heterocycles. The lowest BCUT2D eigenvalue weighted by atomic mass is 10.1. The number of nitrogens with two attached hydrogens (primary N) is 2. The van der Waals surface area contributed by atoms with Crippen LogP contribution in [0, 0.1) is 11.6 Å². The van der Waals surface area contributed by atoms with E-state index in [9.17, 15) is 14.0 Å². The maximum atomic E-state index is 15.2. The SMILES string of the molecule is CCn1cc(OC(=O)O)c(=O)c2c(N)c(F)c(N3CCC(N)C3)c(F)c21. The molecule has 0 aliphatic carbocycles. The molecule has 0 amide bonds. The van der Waals surface area contributed by atoms with Gasteiger partial charge in [0.05, 0.1) is 22.8 Å². The molecule has 1 aliphatic rings. The molecule has 10 heteroatoms. The molecule has 0 radical (unpaired) electrons. The molecule has 1 aromatic heterocycles. The van der Waals surface area contributed by atoms with Crippen LogP contribution in [0.1, 0.15) is 13.3 Å². The van der Waals surface area contributed by atoms with Crippen molar-refractivity contribution >= 4 is 28.4 Å². The molecule has 26 heavy (non-hydrogen) atoms. The van der Waals surface area contributed by atoms with Gasteiger partial charge in [-0.1, -0.05) is 0 Å². The number of benzene rings is 1. The highest BCUT2D eigenvalue weighted by Crippen LogP contribution is 2.36. The molecule has 140 valence electrons. The van der Waals surface area contributed by atoms with Crippen LogP contribution in [0.25, 0.3) is 10.9 Å². The van der Waals surface area contributed by atoms with Crippen LogP contribution in [0.4, 0.5) is 25.0 Å². The number of hydrogen-bond acceptors (Lipinski definition) is 6. The van der Waals surface area contributed by atoms with Crippen molar-refractivity contribution in [2.45, 2.75) is 25.9 Å². The fourth-order valence-electron chi connectivity index (χ4n) is 3.25. The number of ether oxygens (including phenoxy) is 1. The summed E-state index contributed by atoms with van der Waals surface area (Å²) in [5, 5.41) is 8.30. The van der Waals surface area contributed by atoms with Crippen LogP contribution in [0.3, 0.4) is 0 Å². The van der Waals surface area contributed by atoms with Crippen LogP contribution in [0.15, 0.2) is 11.0 Å². The van der Waals surface area contributed by atoms with Crippen molar-refractivity contribution in [2.75, 3.05) is 23.7 Å². The molecule has 1 aromatic carbocycles. The fraction of sp³-hybridized carbons (Fsp3) is 0.375. The van der Waals surface area contributed by atoms with E-state index in [1.165, 1.54) is 9.47 Å². The van der Waals surface area contributed by atoms with Crippen LogP contribution >= 0.6 is 0 Å². The van der Waals surface area contributed by atoms with E-state index >= 15 is 4.39 Å². The number of carboxylic acid groups (broad SMARTS) is 1. The van der Waals surface area contributed by atoms with Gasteiger partial charge in [-0.25, -0.2) is 13.6 Å². The Balaban J connectivity index is 2.36. The number of carbonyl (C=O) groups is 1. The van der Waals surface area contributed by atoms with E-state index in [0.717, 1.165) is 6.20 Å². The minimum Gasteiger partial charge on any atom is -0.449 e. The van der Waals surface area contributed by atoms with E-state index in [0.29, 0.717) is 13.0 Å². The Hall–Kier alpha value is -2.88. The van der Waals surface area contributed by atoms with Gasteiger partial charge in [0.2, 0.25) is 5.43 Å². The number of rotatable bonds is 3. The third-order valence-electron chi connectivity index (χ3n) is 4.46. The first kappa shape index (κ1) is 17.9. The summed E-state index contributed by atoms with van der Waals surface area (Å²) >= 11 is 0. The van der Waals surface area contributed by atoms with Crippen molar-refractivity contribution in [1.82, 2.24) is 4.57 Å². The highest BCUT2D eigenvalue weighted by atomic mass is 19.1. The Morgan fingerprint density at radius 2 is 2.12 bits per heavy atom. The van der Waals surface area contributed by atoms with Crippen LogP contribution in [0.2, 0.25) is 0 Å². The normalized spacial score (nSPS) is 17.1. The average Bonchev–Trinajstić information content (AvgIpc) is 3.00. The molecule has 0 spiro atoms. The molecule has 3 rings (SSSR count). The summed E-state index contributed by atoms with van der Waals surface area (Å²) in [5.74, 6) is -2.59. The van der Waals surface area contributed by atoms with Crippen molar-refractivity contribution in [3.63, 3.8) is 0 Å². The highest BCUT2D eigenvalue weighted by Gasteiger charge is 2.30. The van der Waals surface area contributed by atoms with Crippen molar-refractivity contribution in [3.05, 3.63) is 28.1 Å². The van der Waals surface area contributed by atoms with Gasteiger partial charge in [-0.15, -0.1) is 0 Å². The number of nitrogens with zero attached hydrogens (tertiary/aromatic N) is 2. The van der Waals surface area contributed by atoms with Crippen LogP contribution in [0.5, 0.6) is 5.75 Å². The predicted molar refractivity (Wildman–Crippen MR) is 91.7 cm³/mol. The third kappa shape index (κ3) is 2.71. The summed E-state index contributed by atoms with van der Waals surface area (Å²) in [4.78, 5) is 24.7. The molecule has 1 saturated heterocycles. The van der Waals surface area contributed by atoms with Crippen molar-refractivity contribution in [2.24, 2.45) is 5.73 Å². The predicted octanol–water partition coefficient (Wildman–Crippen LogP) is 1.48.